The average molecular weight is 199 g/mol. The highest BCUT2D eigenvalue weighted by atomic mass is 16.6. The molecule has 0 heterocycles. The van der Waals surface area contributed by atoms with E-state index in [1.54, 1.807) is 34.6 Å². The Hall–Kier alpha value is -1.15. The lowest BCUT2D eigenvalue weighted by Crippen LogP contribution is -2.33. The number of aliphatic imine (C=N–C) groups is 1. The molecule has 0 aliphatic rings. The zero-order valence-corrected chi connectivity index (χ0v) is 9.33. The van der Waals surface area contributed by atoms with Crippen LogP contribution in [0.25, 0.3) is 0 Å². The van der Waals surface area contributed by atoms with Gasteiger partial charge in [-0.05, 0) is 26.7 Å². The molecule has 80 valence electrons. The third kappa shape index (κ3) is 4.77. The van der Waals surface area contributed by atoms with E-state index in [0.29, 0.717) is 0 Å². The van der Waals surface area contributed by atoms with Crippen LogP contribution in [-0.4, -0.2) is 23.7 Å². The van der Waals surface area contributed by atoms with Crippen molar-refractivity contribution in [2.75, 3.05) is 0 Å². The van der Waals surface area contributed by atoms with Crippen LogP contribution in [-0.2, 0) is 14.3 Å². The molecule has 0 bridgehead atoms. The Bertz CT molecular complexity index is 247. The first-order chi connectivity index (χ1) is 6.28. The summed E-state index contributed by atoms with van der Waals surface area (Å²) in [6, 6.07) is -0.744. The molecule has 0 amide bonds. The first-order valence-electron chi connectivity index (χ1n) is 4.58. The Morgan fingerprint density at radius 3 is 2.14 bits per heavy atom. The molecule has 4 nitrogen and oxygen atoms in total. The molecule has 0 saturated heterocycles. The zero-order chi connectivity index (χ0) is 11.4. The van der Waals surface area contributed by atoms with Crippen LogP contribution in [0.3, 0.4) is 0 Å². The molecule has 1 atom stereocenters. The van der Waals surface area contributed by atoms with Gasteiger partial charge in [0, 0.05) is 0 Å². The van der Waals surface area contributed by atoms with Crippen LogP contribution in [0.1, 0.15) is 34.6 Å². The lowest BCUT2D eigenvalue weighted by atomic mass is 10.1. The standard InChI is InChI=1S/C10H17NO3/c1-7(2)8(11-6-12)9(13)14-10(3,4)5/h7-8H,1-5H3/t8-/m1/s1. The van der Waals surface area contributed by atoms with Gasteiger partial charge in [-0.2, -0.15) is 4.99 Å². The Morgan fingerprint density at radius 2 is 1.86 bits per heavy atom. The van der Waals surface area contributed by atoms with E-state index in [4.69, 9.17) is 4.74 Å². The van der Waals surface area contributed by atoms with E-state index in [9.17, 15) is 9.59 Å². The van der Waals surface area contributed by atoms with Crippen molar-refractivity contribution in [2.45, 2.75) is 46.3 Å². The van der Waals surface area contributed by atoms with Gasteiger partial charge in [0.1, 0.15) is 5.60 Å². The molecule has 0 aromatic carbocycles. The predicted molar refractivity (Wildman–Crippen MR) is 52.6 cm³/mol. The van der Waals surface area contributed by atoms with Crippen LogP contribution in [0, 0.1) is 5.92 Å². The molecule has 0 saturated carbocycles. The summed E-state index contributed by atoms with van der Waals surface area (Å²) in [5, 5.41) is 0. The molecule has 0 aliphatic carbocycles. The minimum atomic E-state index is -0.744. The largest absolute Gasteiger partial charge is 0.458 e. The number of rotatable bonds is 3. The Labute approximate surface area is 84.4 Å². The number of hydrogen-bond donors (Lipinski definition) is 0. The van der Waals surface area contributed by atoms with E-state index in [1.165, 1.54) is 6.08 Å². The maximum atomic E-state index is 11.5. The summed E-state index contributed by atoms with van der Waals surface area (Å²) in [7, 11) is 0. The highest BCUT2D eigenvalue weighted by molar-refractivity contribution is 5.77. The van der Waals surface area contributed by atoms with Crippen LogP contribution in [0.4, 0.5) is 0 Å². The second kappa shape index (κ2) is 4.91. The summed E-state index contributed by atoms with van der Waals surface area (Å²) in [6.45, 7) is 8.91. The SMILES string of the molecule is CC(C)[C@@H](N=C=O)C(=O)OC(C)(C)C. The van der Waals surface area contributed by atoms with Crippen molar-refractivity contribution in [3.8, 4) is 0 Å². The zero-order valence-electron chi connectivity index (χ0n) is 9.33. The van der Waals surface area contributed by atoms with E-state index < -0.39 is 17.6 Å². The van der Waals surface area contributed by atoms with Crippen molar-refractivity contribution < 1.29 is 14.3 Å². The second-order valence-corrected chi connectivity index (χ2v) is 4.44. The lowest BCUT2D eigenvalue weighted by molar-refractivity contribution is -0.157. The molecule has 0 unspecified atom stereocenters. The van der Waals surface area contributed by atoms with Gasteiger partial charge in [-0.1, -0.05) is 13.8 Å². The second-order valence-electron chi connectivity index (χ2n) is 4.44. The van der Waals surface area contributed by atoms with Crippen LogP contribution in [0.5, 0.6) is 0 Å². The number of ether oxygens (including phenoxy) is 1. The minimum absolute atomic E-state index is 0.0636. The molecule has 0 aromatic rings. The van der Waals surface area contributed by atoms with Gasteiger partial charge >= 0.3 is 5.97 Å². The van der Waals surface area contributed by atoms with Crippen molar-refractivity contribution >= 4 is 12.0 Å². The van der Waals surface area contributed by atoms with Gasteiger partial charge < -0.3 is 4.74 Å². The maximum absolute atomic E-state index is 11.5. The molecule has 0 N–H and O–H groups in total. The van der Waals surface area contributed by atoms with E-state index in [2.05, 4.69) is 4.99 Å². The molecule has 0 spiro atoms. The van der Waals surface area contributed by atoms with Gasteiger partial charge in [0.15, 0.2) is 6.04 Å². The van der Waals surface area contributed by atoms with Crippen molar-refractivity contribution in [1.82, 2.24) is 0 Å². The summed E-state index contributed by atoms with van der Waals surface area (Å²) in [6.07, 6.45) is 1.39. The van der Waals surface area contributed by atoms with E-state index in [-0.39, 0.29) is 5.92 Å². The number of nitrogens with zero attached hydrogens (tertiary/aromatic N) is 1. The number of hydrogen-bond acceptors (Lipinski definition) is 4. The van der Waals surface area contributed by atoms with Crippen LogP contribution in [0.15, 0.2) is 4.99 Å². The van der Waals surface area contributed by atoms with Crippen molar-refractivity contribution in [1.29, 1.82) is 0 Å². The van der Waals surface area contributed by atoms with E-state index in [0.717, 1.165) is 0 Å². The Kier molecular flexibility index (Phi) is 4.51. The van der Waals surface area contributed by atoms with Gasteiger partial charge in [0.05, 0.1) is 0 Å². The first kappa shape index (κ1) is 12.8. The fourth-order valence-corrected chi connectivity index (χ4v) is 0.893. The molecule has 0 aliphatic heterocycles. The van der Waals surface area contributed by atoms with Crippen molar-refractivity contribution in [3.63, 3.8) is 0 Å². The molecule has 0 aromatic heterocycles. The normalized spacial score (nSPS) is 13.3. The van der Waals surface area contributed by atoms with Gasteiger partial charge in [0.25, 0.3) is 0 Å². The predicted octanol–water partition coefficient (Wildman–Crippen LogP) is 1.69. The smallest absolute Gasteiger partial charge is 0.332 e. The molecule has 14 heavy (non-hydrogen) atoms. The summed E-state index contributed by atoms with van der Waals surface area (Å²) in [5.41, 5.74) is -0.553. The number of carbonyl (C=O) groups excluding carboxylic acids is 2. The fraction of sp³-hybridized carbons (Fsp3) is 0.800. The molecule has 0 radical (unpaired) electrons. The Balaban J connectivity index is 4.54. The van der Waals surface area contributed by atoms with Gasteiger partial charge in [-0.3, -0.25) is 0 Å². The van der Waals surface area contributed by atoms with Crippen LogP contribution in [0.2, 0.25) is 0 Å². The van der Waals surface area contributed by atoms with Crippen molar-refractivity contribution in [3.05, 3.63) is 0 Å². The molecule has 4 heteroatoms. The summed E-state index contributed by atoms with van der Waals surface area (Å²) in [4.78, 5) is 25.0. The van der Waals surface area contributed by atoms with Gasteiger partial charge in [-0.15, -0.1) is 0 Å². The summed E-state index contributed by atoms with van der Waals surface area (Å²) < 4.78 is 5.10. The monoisotopic (exact) mass is 199 g/mol. The molecular weight excluding hydrogens is 182 g/mol. The Morgan fingerprint density at radius 1 is 1.36 bits per heavy atom. The molecule has 0 fully saturated rings. The minimum Gasteiger partial charge on any atom is -0.458 e. The van der Waals surface area contributed by atoms with Crippen molar-refractivity contribution in [2.24, 2.45) is 10.9 Å². The maximum Gasteiger partial charge on any atom is 0.332 e. The van der Waals surface area contributed by atoms with E-state index >= 15 is 0 Å². The highest BCUT2D eigenvalue weighted by Gasteiger charge is 2.27. The average Bonchev–Trinajstić information content (AvgIpc) is 1.95. The summed E-state index contributed by atoms with van der Waals surface area (Å²) >= 11 is 0. The van der Waals surface area contributed by atoms with Crippen LogP contribution < -0.4 is 0 Å². The van der Waals surface area contributed by atoms with Crippen LogP contribution >= 0.6 is 0 Å². The molecular formula is C10H17NO3. The van der Waals surface area contributed by atoms with Gasteiger partial charge in [-0.25, -0.2) is 9.59 Å². The van der Waals surface area contributed by atoms with Gasteiger partial charge in [0.2, 0.25) is 6.08 Å². The lowest BCUT2D eigenvalue weighted by Gasteiger charge is -2.22. The first-order valence-corrected chi connectivity index (χ1v) is 4.58. The quantitative estimate of drug-likeness (QED) is 0.395. The third-order valence-corrected chi connectivity index (χ3v) is 1.47. The third-order valence-electron chi connectivity index (χ3n) is 1.47. The fourth-order valence-electron chi connectivity index (χ4n) is 0.893. The number of isocyanates is 1. The number of carbonyl (C=O) groups is 1. The topological polar surface area (TPSA) is 55.7 Å². The molecule has 0 rings (SSSR count). The van der Waals surface area contributed by atoms with E-state index in [1.807, 2.05) is 0 Å². The highest BCUT2D eigenvalue weighted by Crippen LogP contribution is 2.14. The number of esters is 1. The summed E-state index contributed by atoms with van der Waals surface area (Å²) in [5.74, 6) is -0.540.